The third-order valence-electron chi connectivity index (χ3n) is 4.95. The van der Waals surface area contributed by atoms with Gasteiger partial charge in [0, 0.05) is 13.1 Å². The van der Waals surface area contributed by atoms with Gasteiger partial charge in [0.2, 0.25) is 0 Å². The van der Waals surface area contributed by atoms with E-state index in [4.69, 9.17) is 5.73 Å². The Labute approximate surface area is 157 Å². The van der Waals surface area contributed by atoms with Crippen molar-refractivity contribution in [2.45, 2.75) is 25.7 Å². The average Bonchev–Trinajstić information content (AvgIpc) is 2.68. The summed E-state index contributed by atoms with van der Waals surface area (Å²) in [5, 5.41) is 12.5. The molecule has 0 atom stereocenters. The van der Waals surface area contributed by atoms with E-state index in [1.807, 2.05) is 0 Å². The van der Waals surface area contributed by atoms with Gasteiger partial charge in [-0.1, -0.05) is 48.5 Å². The summed E-state index contributed by atoms with van der Waals surface area (Å²) in [7, 11) is 0. The van der Waals surface area contributed by atoms with E-state index in [1.54, 1.807) is 0 Å². The van der Waals surface area contributed by atoms with Crippen molar-refractivity contribution in [2.24, 2.45) is 5.73 Å². The van der Waals surface area contributed by atoms with Gasteiger partial charge in [0.1, 0.15) is 0 Å². The van der Waals surface area contributed by atoms with Gasteiger partial charge >= 0.3 is 0 Å². The molecule has 0 heterocycles. The van der Waals surface area contributed by atoms with E-state index in [0.717, 1.165) is 52.0 Å². The summed E-state index contributed by atoms with van der Waals surface area (Å²) < 4.78 is 0. The van der Waals surface area contributed by atoms with E-state index in [-0.39, 0.29) is 0 Å². The first-order valence-corrected chi connectivity index (χ1v) is 9.91. The molecule has 4 N–H and O–H groups in total. The average molecular weight is 350 g/mol. The minimum Gasteiger partial charge on any atom is -0.330 e. The van der Waals surface area contributed by atoms with Crippen LogP contribution in [0.25, 0.3) is 21.5 Å². The van der Waals surface area contributed by atoms with Crippen LogP contribution in [0.3, 0.4) is 0 Å². The molecule has 0 bridgehead atoms. The molecule has 3 aromatic carbocycles. The predicted octanol–water partition coefficient (Wildman–Crippen LogP) is 3.84. The third kappa shape index (κ3) is 5.04. The monoisotopic (exact) mass is 349 g/mol. The Morgan fingerprint density at radius 3 is 1.85 bits per heavy atom. The van der Waals surface area contributed by atoms with Gasteiger partial charge in [-0.05, 0) is 78.5 Å². The largest absolute Gasteiger partial charge is 0.330 e. The first-order chi connectivity index (χ1) is 12.9. The summed E-state index contributed by atoms with van der Waals surface area (Å²) in [6.45, 7) is 4.98. The van der Waals surface area contributed by atoms with Gasteiger partial charge in [-0.2, -0.15) is 0 Å². The molecule has 0 unspecified atom stereocenters. The molecule has 0 amide bonds. The highest BCUT2D eigenvalue weighted by Crippen LogP contribution is 2.29. The van der Waals surface area contributed by atoms with Crippen molar-refractivity contribution < 1.29 is 0 Å². The second-order valence-electron chi connectivity index (χ2n) is 6.90. The zero-order valence-electron chi connectivity index (χ0n) is 15.6. The maximum absolute atomic E-state index is 5.50. The Morgan fingerprint density at radius 2 is 1.23 bits per heavy atom. The van der Waals surface area contributed by atoms with E-state index in [2.05, 4.69) is 65.2 Å². The van der Waals surface area contributed by atoms with Crippen molar-refractivity contribution in [3.8, 4) is 0 Å². The van der Waals surface area contributed by atoms with Gasteiger partial charge in [0.05, 0.1) is 0 Å². The van der Waals surface area contributed by atoms with Gasteiger partial charge in [-0.25, -0.2) is 0 Å². The number of hydrogen-bond acceptors (Lipinski definition) is 3. The highest BCUT2D eigenvalue weighted by atomic mass is 14.9. The van der Waals surface area contributed by atoms with Crippen molar-refractivity contribution in [1.29, 1.82) is 0 Å². The quantitative estimate of drug-likeness (QED) is 0.364. The second-order valence-corrected chi connectivity index (χ2v) is 6.90. The smallest absolute Gasteiger partial charge is 0.00767 e. The van der Waals surface area contributed by atoms with Crippen molar-refractivity contribution >= 4 is 21.5 Å². The molecule has 0 aliphatic carbocycles. The van der Waals surface area contributed by atoms with Crippen molar-refractivity contribution in [3.63, 3.8) is 0 Å². The lowest BCUT2D eigenvalue weighted by Gasteiger charge is -2.12. The number of nitrogens with two attached hydrogens (primary N) is 1. The van der Waals surface area contributed by atoms with Crippen LogP contribution >= 0.6 is 0 Å². The predicted molar refractivity (Wildman–Crippen MR) is 114 cm³/mol. The first-order valence-electron chi connectivity index (χ1n) is 9.91. The normalized spacial score (nSPS) is 11.4. The van der Waals surface area contributed by atoms with Crippen LogP contribution < -0.4 is 16.4 Å². The maximum Gasteiger partial charge on any atom is 0.00767 e. The fourth-order valence-corrected chi connectivity index (χ4v) is 3.59. The molecule has 0 fully saturated rings. The van der Waals surface area contributed by atoms with Crippen molar-refractivity contribution in [2.75, 3.05) is 32.7 Å². The summed E-state index contributed by atoms with van der Waals surface area (Å²) >= 11 is 0. The number of fused-ring (bicyclic) bond motifs is 2. The zero-order valence-corrected chi connectivity index (χ0v) is 15.6. The van der Waals surface area contributed by atoms with Crippen LogP contribution in [0.4, 0.5) is 0 Å². The highest BCUT2D eigenvalue weighted by molar-refractivity contribution is 6.02. The Kier molecular flexibility index (Phi) is 7.44. The van der Waals surface area contributed by atoms with Gasteiger partial charge in [0.25, 0.3) is 0 Å². The van der Waals surface area contributed by atoms with Crippen LogP contribution in [-0.2, 0) is 6.42 Å². The molecule has 0 saturated carbocycles. The zero-order chi connectivity index (χ0) is 18.0. The van der Waals surface area contributed by atoms with E-state index >= 15 is 0 Å². The molecule has 0 aromatic heterocycles. The van der Waals surface area contributed by atoms with E-state index < -0.39 is 0 Å². The van der Waals surface area contributed by atoms with Crippen molar-refractivity contribution in [3.05, 3.63) is 60.2 Å². The van der Waals surface area contributed by atoms with Crippen LogP contribution in [0.1, 0.15) is 24.8 Å². The Balaban J connectivity index is 1.52. The SMILES string of the molecule is NCCCCNCCNCCCc1c2ccccc2cc2ccccc12. The topological polar surface area (TPSA) is 50.1 Å². The lowest BCUT2D eigenvalue weighted by Crippen LogP contribution is -2.28. The molecule has 0 radical (unpaired) electrons. The summed E-state index contributed by atoms with van der Waals surface area (Å²) in [6.07, 6.45) is 4.55. The second kappa shape index (κ2) is 10.3. The minimum absolute atomic E-state index is 0.794. The molecule has 3 aromatic rings. The maximum atomic E-state index is 5.50. The molecule has 3 heteroatoms. The van der Waals surface area contributed by atoms with Gasteiger partial charge in [-0.15, -0.1) is 0 Å². The lowest BCUT2D eigenvalue weighted by molar-refractivity contribution is 0.579. The number of unbranched alkanes of at least 4 members (excludes halogenated alkanes) is 1. The lowest BCUT2D eigenvalue weighted by atomic mass is 9.94. The molecule has 3 rings (SSSR count). The molecular formula is C23H31N3. The van der Waals surface area contributed by atoms with Gasteiger partial charge in [0.15, 0.2) is 0 Å². The summed E-state index contributed by atoms with van der Waals surface area (Å²) in [5.74, 6) is 0. The summed E-state index contributed by atoms with van der Waals surface area (Å²) in [5.41, 5.74) is 6.99. The molecule has 0 aliphatic rings. The van der Waals surface area contributed by atoms with E-state index in [0.29, 0.717) is 0 Å². The number of aryl methyl sites for hydroxylation is 1. The molecule has 3 nitrogen and oxygen atoms in total. The van der Waals surface area contributed by atoms with Gasteiger partial charge < -0.3 is 16.4 Å². The standard InChI is InChI=1S/C23H31N3/c24-13-5-6-14-25-16-17-26-15-7-12-23-21-10-3-1-8-19(21)18-20-9-2-4-11-22(20)23/h1-4,8-11,18,25-26H,5-7,12-17,24H2. The number of nitrogens with one attached hydrogen (secondary N) is 2. The first kappa shape index (κ1) is 18.8. The number of hydrogen-bond donors (Lipinski definition) is 3. The fraction of sp³-hybridized carbons (Fsp3) is 0.391. The molecule has 0 spiro atoms. The highest BCUT2D eigenvalue weighted by Gasteiger charge is 2.06. The van der Waals surface area contributed by atoms with Crippen LogP contribution in [0.2, 0.25) is 0 Å². The summed E-state index contributed by atoms with van der Waals surface area (Å²) in [4.78, 5) is 0. The van der Waals surface area contributed by atoms with Crippen LogP contribution in [-0.4, -0.2) is 32.7 Å². The summed E-state index contributed by atoms with van der Waals surface area (Å²) in [6, 6.07) is 19.8. The third-order valence-corrected chi connectivity index (χ3v) is 4.95. The molecule has 138 valence electrons. The van der Waals surface area contributed by atoms with Crippen LogP contribution in [0, 0.1) is 0 Å². The van der Waals surface area contributed by atoms with Crippen molar-refractivity contribution in [1.82, 2.24) is 10.6 Å². The van der Waals surface area contributed by atoms with E-state index in [9.17, 15) is 0 Å². The number of rotatable bonds is 11. The van der Waals surface area contributed by atoms with E-state index in [1.165, 1.54) is 33.5 Å². The van der Waals surface area contributed by atoms with Crippen LogP contribution in [0.15, 0.2) is 54.6 Å². The number of benzene rings is 3. The molecule has 0 saturated heterocycles. The molecule has 0 aliphatic heterocycles. The Morgan fingerprint density at radius 1 is 0.654 bits per heavy atom. The fourth-order valence-electron chi connectivity index (χ4n) is 3.59. The Hall–Kier alpha value is -1.94. The Bertz CT molecular complexity index is 759. The minimum atomic E-state index is 0.794. The molecular weight excluding hydrogens is 318 g/mol. The van der Waals surface area contributed by atoms with Gasteiger partial charge in [-0.3, -0.25) is 0 Å². The molecule has 26 heavy (non-hydrogen) atoms. The van der Waals surface area contributed by atoms with Crippen LogP contribution in [0.5, 0.6) is 0 Å².